The number of carbonyl (C=O) groups excluding carboxylic acids is 1. The molecule has 1 N–H and O–H groups in total. The van der Waals surface area contributed by atoms with Gasteiger partial charge in [0, 0.05) is 18.5 Å². The van der Waals surface area contributed by atoms with Crippen LogP contribution in [0.25, 0.3) is 0 Å². The van der Waals surface area contributed by atoms with Crippen LogP contribution in [0.3, 0.4) is 0 Å². The van der Waals surface area contributed by atoms with Gasteiger partial charge in [-0.05, 0) is 19.7 Å². The van der Waals surface area contributed by atoms with Gasteiger partial charge in [0.2, 0.25) is 0 Å². The van der Waals surface area contributed by atoms with Gasteiger partial charge in [-0.15, -0.1) is 0 Å². The average Bonchev–Trinajstić information content (AvgIpc) is 1.86. The van der Waals surface area contributed by atoms with Crippen molar-refractivity contribution in [2.24, 2.45) is 0 Å². The van der Waals surface area contributed by atoms with Crippen LogP contribution < -0.4 is 0 Å². The van der Waals surface area contributed by atoms with E-state index in [1.165, 1.54) is 0 Å². The SMILES string of the molecule is [2H]C([2H])(CCO)C([2H])([2H])C(C)=O. The van der Waals surface area contributed by atoms with Gasteiger partial charge in [-0.25, -0.2) is 0 Å². The Morgan fingerprint density at radius 2 is 2.50 bits per heavy atom. The fourth-order valence-electron chi connectivity index (χ4n) is 0.243. The Hall–Kier alpha value is -0.370. The third-order valence-electron chi connectivity index (χ3n) is 0.501. The molecule has 0 aliphatic heterocycles. The lowest BCUT2D eigenvalue weighted by atomic mass is 10.2. The van der Waals surface area contributed by atoms with Gasteiger partial charge in [0.15, 0.2) is 0 Å². The molecule has 0 fully saturated rings. The fraction of sp³-hybridized carbons (Fsp3) is 0.833. The lowest BCUT2D eigenvalue weighted by Crippen LogP contribution is -1.90. The van der Waals surface area contributed by atoms with E-state index in [2.05, 4.69) is 0 Å². The lowest BCUT2D eigenvalue weighted by Gasteiger charge is -1.90. The molecule has 0 radical (unpaired) electrons. The Morgan fingerprint density at radius 3 is 2.88 bits per heavy atom. The summed E-state index contributed by atoms with van der Waals surface area (Å²) in [5.41, 5.74) is 0. The first-order valence-electron chi connectivity index (χ1n) is 4.37. The number of ketones is 1. The van der Waals surface area contributed by atoms with Crippen LogP contribution in [-0.4, -0.2) is 17.5 Å². The Bertz CT molecular complexity index is 178. The molecular weight excluding hydrogens is 104 g/mol. The van der Waals surface area contributed by atoms with Crippen LogP contribution in [-0.2, 0) is 4.79 Å². The monoisotopic (exact) mass is 120 g/mol. The summed E-state index contributed by atoms with van der Waals surface area (Å²) in [6, 6.07) is 0. The maximum atomic E-state index is 10.7. The zero-order valence-electron chi connectivity index (χ0n) is 8.77. The van der Waals surface area contributed by atoms with Gasteiger partial charge in [-0.2, -0.15) is 0 Å². The first-order chi connectivity index (χ1) is 5.25. The summed E-state index contributed by atoms with van der Waals surface area (Å²) < 4.78 is 28.6. The third kappa shape index (κ3) is 5.63. The number of hydrogen-bond donors (Lipinski definition) is 1. The van der Waals surface area contributed by atoms with Gasteiger partial charge >= 0.3 is 0 Å². The molecule has 8 heavy (non-hydrogen) atoms. The second-order valence-corrected chi connectivity index (χ2v) is 1.33. The first kappa shape index (κ1) is 2.97. The molecule has 0 saturated heterocycles. The summed E-state index contributed by atoms with van der Waals surface area (Å²) in [4.78, 5) is 10.7. The molecule has 0 bridgehead atoms. The highest BCUT2D eigenvalue weighted by molar-refractivity contribution is 5.75. The molecule has 0 rings (SSSR count). The molecule has 0 atom stereocenters. The molecule has 0 aromatic carbocycles. The van der Waals surface area contributed by atoms with E-state index in [0.29, 0.717) is 0 Å². The Morgan fingerprint density at radius 1 is 1.88 bits per heavy atom. The minimum atomic E-state index is -2.52. The first-order valence-corrected chi connectivity index (χ1v) is 2.37. The Kier molecular flexibility index (Phi) is 1.77. The number of rotatable bonds is 4. The topological polar surface area (TPSA) is 37.3 Å². The summed E-state index contributed by atoms with van der Waals surface area (Å²) in [6.45, 7) is 0.523. The van der Waals surface area contributed by atoms with E-state index in [4.69, 9.17) is 10.6 Å². The number of carbonyl (C=O) groups is 1. The van der Waals surface area contributed by atoms with Crippen LogP contribution in [0.4, 0.5) is 0 Å². The smallest absolute Gasteiger partial charge is 0.129 e. The summed E-state index contributed by atoms with van der Waals surface area (Å²) in [6.07, 6.45) is -5.19. The summed E-state index contributed by atoms with van der Waals surface area (Å²) in [7, 11) is 0. The largest absolute Gasteiger partial charge is 0.396 e. The zero-order chi connectivity index (χ0) is 9.99. The van der Waals surface area contributed by atoms with Crippen molar-refractivity contribution in [1.82, 2.24) is 0 Å². The molecule has 0 aromatic heterocycles. The number of hydrogen-bond acceptors (Lipinski definition) is 2. The molecule has 0 amide bonds. The standard InChI is InChI=1S/C6H12O2/c1-6(8)4-2-3-5-7/h7H,2-5H2,1H3/i2D2,4D2. The Labute approximate surface area is 55.1 Å². The van der Waals surface area contributed by atoms with Gasteiger partial charge in [0.05, 0.1) is 0 Å². The van der Waals surface area contributed by atoms with Gasteiger partial charge < -0.3 is 9.90 Å². The molecular formula is C6H12O2. The van der Waals surface area contributed by atoms with Crippen LogP contribution in [0.5, 0.6) is 0 Å². The normalized spacial score (nSPS) is 20.2. The molecule has 0 aliphatic rings. The van der Waals surface area contributed by atoms with Crippen molar-refractivity contribution >= 4 is 5.78 Å². The van der Waals surface area contributed by atoms with Gasteiger partial charge in [-0.3, -0.25) is 0 Å². The van der Waals surface area contributed by atoms with Crippen molar-refractivity contribution < 1.29 is 15.4 Å². The van der Waals surface area contributed by atoms with E-state index in [0.717, 1.165) is 6.92 Å². The highest BCUT2D eigenvalue weighted by atomic mass is 16.2. The third-order valence-corrected chi connectivity index (χ3v) is 0.501. The average molecular weight is 120 g/mol. The van der Waals surface area contributed by atoms with Crippen LogP contribution in [0.1, 0.15) is 31.6 Å². The van der Waals surface area contributed by atoms with Gasteiger partial charge in [0.1, 0.15) is 5.78 Å². The highest BCUT2D eigenvalue weighted by Gasteiger charge is 1.90. The minimum absolute atomic E-state index is 0.375. The lowest BCUT2D eigenvalue weighted by molar-refractivity contribution is -0.117. The predicted molar refractivity (Wildman–Crippen MR) is 31.6 cm³/mol. The summed E-state index contributed by atoms with van der Waals surface area (Å²) in [5.74, 6) is -0.860. The van der Waals surface area contributed by atoms with Crippen molar-refractivity contribution in [2.45, 2.75) is 26.1 Å². The second kappa shape index (κ2) is 4.78. The fourth-order valence-corrected chi connectivity index (χ4v) is 0.243. The van der Waals surface area contributed by atoms with Crippen molar-refractivity contribution in [3.05, 3.63) is 0 Å². The maximum Gasteiger partial charge on any atom is 0.129 e. The van der Waals surface area contributed by atoms with E-state index in [-0.39, 0.29) is 6.42 Å². The van der Waals surface area contributed by atoms with E-state index in [1.54, 1.807) is 0 Å². The molecule has 48 valence electrons. The van der Waals surface area contributed by atoms with Crippen molar-refractivity contribution in [1.29, 1.82) is 0 Å². The molecule has 0 heterocycles. The number of Topliss-reactive ketones (excluding diaryl/α,β-unsaturated/α-hetero) is 1. The second-order valence-electron chi connectivity index (χ2n) is 1.33. The van der Waals surface area contributed by atoms with E-state index in [1.807, 2.05) is 0 Å². The molecule has 0 unspecified atom stereocenters. The van der Waals surface area contributed by atoms with Crippen LogP contribution in [0.15, 0.2) is 0 Å². The van der Waals surface area contributed by atoms with Gasteiger partial charge in [-0.1, -0.05) is 0 Å². The van der Waals surface area contributed by atoms with Gasteiger partial charge in [0.25, 0.3) is 0 Å². The molecule has 0 saturated carbocycles. The summed E-state index contributed by atoms with van der Waals surface area (Å²) >= 11 is 0. The summed E-state index contributed by atoms with van der Waals surface area (Å²) in [5, 5.41) is 8.43. The van der Waals surface area contributed by atoms with Crippen molar-refractivity contribution in [2.75, 3.05) is 6.61 Å². The molecule has 0 aliphatic carbocycles. The van der Waals surface area contributed by atoms with E-state index >= 15 is 0 Å². The number of aliphatic hydroxyl groups is 1. The molecule has 2 nitrogen and oxygen atoms in total. The van der Waals surface area contributed by atoms with Crippen LogP contribution >= 0.6 is 0 Å². The van der Waals surface area contributed by atoms with Crippen molar-refractivity contribution in [3.8, 4) is 0 Å². The van der Waals surface area contributed by atoms with E-state index in [9.17, 15) is 4.79 Å². The minimum Gasteiger partial charge on any atom is -0.396 e. The predicted octanol–water partition coefficient (Wildman–Crippen LogP) is 0.738. The quantitative estimate of drug-likeness (QED) is 0.594. The Balaban J connectivity index is 4.62. The van der Waals surface area contributed by atoms with E-state index < -0.39 is 25.1 Å². The molecule has 0 aromatic rings. The van der Waals surface area contributed by atoms with Crippen LogP contribution in [0, 0.1) is 0 Å². The zero-order valence-corrected chi connectivity index (χ0v) is 4.77. The number of aliphatic hydroxyl groups excluding tert-OH is 1. The maximum absolute atomic E-state index is 10.7. The molecule has 0 spiro atoms. The molecule has 2 heteroatoms. The highest BCUT2D eigenvalue weighted by Crippen LogP contribution is 1.93. The van der Waals surface area contributed by atoms with Crippen LogP contribution in [0.2, 0.25) is 0 Å². The van der Waals surface area contributed by atoms with Crippen molar-refractivity contribution in [3.63, 3.8) is 0 Å².